The number of ether oxygens (including phenoxy) is 1. The Labute approximate surface area is 139 Å². The molecule has 1 aliphatic carbocycles. The molecular formula is C18H20FN3O2. The van der Waals surface area contributed by atoms with Gasteiger partial charge in [-0.2, -0.15) is 0 Å². The highest BCUT2D eigenvalue weighted by Gasteiger charge is 2.61. The molecule has 2 aliphatic heterocycles. The number of halogens is 1. The van der Waals surface area contributed by atoms with E-state index < -0.39 is 0 Å². The van der Waals surface area contributed by atoms with E-state index in [1.54, 1.807) is 6.07 Å². The van der Waals surface area contributed by atoms with E-state index >= 15 is 0 Å². The van der Waals surface area contributed by atoms with Gasteiger partial charge in [0.15, 0.2) is 0 Å². The fourth-order valence-electron chi connectivity index (χ4n) is 4.05. The molecule has 2 aromatic rings. The van der Waals surface area contributed by atoms with Crippen LogP contribution in [0.4, 0.5) is 4.39 Å². The SMILES string of the molecule is Cc1cc(F)c2ncc(C(=O)NCC34COC(CN)(C3)C4)cc2c1. The van der Waals surface area contributed by atoms with Gasteiger partial charge in [-0.25, -0.2) is 4.39 Å². The van der Waals surface area contributed by atoms with Crippen LogP contribution in [0.25, 0.3) is 10.9 Å². The fraction of sp³-hybridized carbons (Fsp3) is 0.444. The van der Waals surface area contributed by atoms with E-state index in [9.17, 15) is 9.18 Å². The van der Waals surface area contributed by atoms with E-state index in [1.165, 1.54) is 12.3 Å². The molecule has 5 nitrogen and oxygen atoms in total. The number of fused-ring (bicyclic) bond motifs is 2. The number of nitrogens with one attached hydrogen (secondary N) is 1. The van der Waals surface area contributed by atoms with E-state index in [4.69, 9.17) is 10.5 Å². The van der Waals surface area contributed by atoms with Crippen molar-refractivity contribution in [2.24, 2.45) is 11.1 Å². The van der Waals surface area contributed by atoms with Gasteiger partial charge >= 0.3 is 0 Å². The molecule has 1 saturated carbocycles. The van der Waals surface area contributed by atoms with E-state index in [0.717, 1.165) is 18.4 Å². The van der Waals surface area contributed by atoms with Crippen LogP contribution in [-0.4, -0.2) is 36.2 Å². The number of benzene rings is 1. The minimum Gasteiger partial charge on any atom is -0.373 e. The molecule has 1 amide bonds. The van der Waals surface area contributed by atoms with Crippen molar-refractivity contribution in [1.82, 2.24) is 10.3 Å². The van der Waals surface area contributed by atoms with Crippen molar-refractivity contribution >= 4 is 16.8 Å². The predicted molar refractivity (Wildman–Crippen MR) is 88.2 cm³/mol. The molecular weight excluding hydrogens is 309 g/mol. The number of rotatable bonds is 4. The van der Waals surface area contributed by atoms with Gasteiger partial charge in [-0.3, -0.25) is 9.78 Å². The third-order valence-corrected chi connectivity index (χ3v) is 5.22. The molecule has 3 N–H and O–H groups in total. The molecule has 2 saturated heterocycles. The van der Waals surface area contributed by atoms with Crippen molar-refractivity contribution < 1.29 is 13.9 Å². The maximum absolute atomic E-state index is 13.9. The number of nitrogens with zero attached hydrogens (tertiary/aromatic N) is 1. The van der Waals surface area contributed by atoms with Gasteiger partial charge < -0.3 is 15.8 Å². The van der Waals surface area contributed by atoms with Gasteiger partial charge in [0.1, 0.15) is 11.3 Å². The number of aromatic nitrogens is 1. The second-order valence-corrected chi connectivity index (χ2v) is 7.25. The van der Waals surface area contributed by atoms with Crippen molar-refractivity contribution in [3.63, 3.8) is 0 Å². The van der Waals surface area contributed by atoms with Crippen molar-refractivity contribution in [2.45, 2.75) is 25.4 Å². The standard InChI is InChI=1S/C18H20FN3O2/c1-11-2-12-4-13(5-21-15(12)14(19)3-11)16(23)22-9-17-6-18(7-17,8-20)24-10-17/h2-5H,6-10,20H2,1H3,(H,22,23). The molecule has 1 aromatic carbocycles. The average molecular weight is 329 g/mol. The smallest absolute Gasteiger partial charge is 0.252 e. The second-order valence-electron chi connectivity index (χ2n) is 7.25. The number of aryl methyl sites for hydroxylation is 1. The molecule has 126 valence electrons. The molecule has 3 aliphatic rings. The number of hydrogen-bond donors (Lipinski definition) is 2. The van der Waals surface area contributed by atoms with Gasteiger partial charge in [0.05, 0.1) is 17.8 Å². The second kappa shape index (κ2) is 5.22. The minimum absolute atomic E-state index is 0.0159. The van der Waals surface area contributed by atoms with Crippen LogP contribution in [-0.2, 0) is 4.74 Å². The molecule has 0 unspecified atom stereocenters. The van der Waals surface area contributed by atoms with E-state index in [2.05, 4.69) is 10.3 Å². The monoisotopic (exact) mass is 329 g/mol. The molecule has 0 atom stereocenters. The Kier molecular flexibility index (Phi) is 3.37. The molecule has 3 heterocycles. The lowest BCUT2D eigenvalue weighted by Crippen LogP contribution is -2.53. The van der Waals surface area contributed by atoms with Crippen molar-refractivity contribution in [3.8, 4) is 0 Å². The largest absolute Gasteiger partial charge is 0.373 e. The maximum atomic E-state index is 13.9. The van der Waals surface area contributed by atoms with Crippen LogP contribution in [0.2, 0.25) is 0 Å². The first kappa shape index (κ1) is 15.5. The molecule has 2 bridgehead atoms. The van der Waals surface area contributed by atoms with Gasteiger partial charge in [0.25, 0.3) is 5.91 Å². The first-order valence-corrected chi connectivity index (χ1v) is 8.13. The van der Waals surface area contributed by atoms with E-state index in [0.29, 0.717) is 30.6 Å². The molecule has 0 spiro atoms. The lowest BCUT2D eigenvalue weighted by molar-refractivity contribution is -0.00576. The Morgan fingerprint density at radius 3 is 2.92 bits per heavy atom. The summed E-state index contributed by atoms with van der Waals surface area (Å²) in [6.07, 6.45) is 3.22. The molecule has 24 heavy (non-hydrogen) atoms. The van der Waals surface area contributed by atoms with Crippen molar-refractivity contribution in [3.05, 3.63) is 41.3 Å². The Morgan fingerprint density at radius 2 is 2.21 bits per heavy atom. The molecule has 6 heteroatoms. The summed E-state index contributed by atoms with van der Waals surface area (Å²) in [7, 11) is 0. The van der Waals surface area contributed by atoms with Crippen LogP contribution in [0.5, 0.6) is 0 Å². The zero-order chi connectivity index (χ0) is 16.9. The Bertz CT molecular complexity index is 830. The van der Waals surface area contributed by atoms with Gasteiger partial charge in [-0.15, -0.1) is 0 Å². The summed E-state index contributed by atoms with van der Waals surface area (Å²) in [6.45, 7) is 3.55. The Balaban J connectivity index is 1.48. The highest BCUT2D eigenvalue weighted by atomic mass is 19.1. The summed E-state index contributed by atoms with van der Waals surface area (Å²) in [6, 6.07) is 4.95. The molecule has 1 aromatic heterocycles. The summed E-state index contributed by atoms with van der Waals surface area (Å²) in [5.74, 6) is -0.565. The fourth-order valence-corrected chi connectivity index (χ4v) is 4.05. The van der Waals surface area contributed by atoms with E-state index in [1.807, 2.05) is 13.0 Å². The number of hydrogen-bond acceptors (Lipinski definition) is 4. The number of carbonyl (C=O) groups is 1. The number of amides is 1. The minimum atomic E-state index is -0.369. The summed E-state index contributed by atoms with van der Waals surface area (Å²) >= 11 is 0. The van der Waals surface area contributed by atoms with Crippen LogP contribution < -0.4 is 11.1 Å². The van der Waals surface area contributed by atoms with E-state index in [-0.39, 0.29) is 28.3 Å². The average Bonchev–Trinajstić information content (AvgIpc) is 3.08. The first-order chi connectivity index (χ1) is 11.4. The van der Waals surface area contributed by atoms with Gasteiger partial charge in [-0.1, -0.05) is 0 Å². The normalized spacial score (nSPS) is 28.0. The van der Waals surface area contributed by atoms with Crippen molar-refractivity contribution in [1.29, 1.82) is 0 Å². The zero-order valence-electron chi connectivity index (χ0n) is 13.6. The summed E-state index contributed by atoms with van der Waals surface area (Å²) < 4.78 is 19.6. The Morgan fingerprint density at radius 1 is 1.42 bits per heavy atom. The van der Waals surface area contributed by atoms with Crippen LogP contribution in [0.1, 0.15) is 28.8 Å². The summed E-state index contributed by atoms with van der Waals surface area (Å²) in [5.41, 5.74) is 7.11. The van der Waals surface area contributed by atoms with Gasteiger partial charge in [-0.05, 0) is 43.5 Å². The number of carbonyl (C=O) groups excluding carboxylic acids is 1. The van der Waals surface area contributed by atoms with Crippen molar-refractivity contribution in [2.75, 3.05) is 19.7 Å². The highest BCUT2D eigenvalue weighted by Crippen LogP contribution is 2.56. The topological polar surface area (TPSA) is 77.2 Å². The Hall–Kier alpha value is -2.05. The molecule has 0 radical (unpaired) electrons. The summed E-state index contributed by atoms with van der Waals surface area (Å²) in [4.78, 5) is 16.5. The zero-order valence-corrected chi connectivity index (χ0v) is 13.6. The summed E-state index contributed by atoms with van der Waals surface area (Å²) in [5, 5.41) is 3.59. The van der Waals surface area contributed by atoms with Crippen LogP contribution in [0.3, 0.4) is 0 Å². The van der Waals surface area contributed by atoms with Gasteiger partial charge in [0.2, 0.25) is 0 Å². The predicted octanol–water partition coefficient (Wildman–Crippen LogP) is 1.92. The molecule has 5 rings (SSSR count). The van der Waals surface area contributed by atoms with Crippen LogP contribution in [0, 0.1) is 18.2 Å². The maximum Gasteiger partial charge on any atom is 0.252 e. The third kappa shape index (κ3) is 2.37. The third-order valence-electron chi connectivity index (χ3n) is 5.22. The lowest BCUT2D eigenvalue weighted by atomic mass is 9.62. The number of nitrogens with two attached hydrogens (primary N) is 1. The van der Waals surface area contributed by atoms with Crippen LogP contribution in [0.15, 0.2) is 24.4 Å². The van der Waals surface area contributed by atoms with Crippen LogP contribution >= 0.6 is 0 Å². The quantitative estimate of drug-likeness (QED) is 0.898. The first-order valence-electron chi connectivity index (χ1n) is 8.13. The highest BCUT2D eigenvalue weighted by molar-refractivity contribution is 5.97. The molecule has 3 fully saturated rings. The van der Waals surface area contributed by atoms with Gasteiger partial charge in [0, 0.05) is 30.1 Å². The lowest BCUT2D eigenvalue weighted by Gasteiger charge is -2.43. The number of pyridine rings is 1.